The van der Waals surface area contributed by atoms with E-state index in [9.17, 15) is 13.2 Å². The van der Waals surface area contributed by atoms with Gasteiger partial charge in [0.15, 0.2) is 0 Å². The Morgan fingerprint density at radius 1 is 1.00 bits per heavy atom. The van der Waals surface area contributed by atoms with Gasteiger partial charge in [-0.05, 0) is 60.9 Å². The Morgan fingerprint density at radius 3 is 2.25 bits per heavy atom. The topological polar surface area (TPSA) is 75.7 Å². The van der Waals surface area contributed by atoms with Gasteiger partial charge in [0.25, 0.3) is 0 Å². The highest BCUT2D eigenvalue weighted by molar-refractivity contribution is 7.89. The van der Waals surface area contributed by atoms with E-state index in [1.807, 2.05) is 24.3 Å². The van der Waals surface area contributed by atoms with Gasteiger partial charge in [0, 0.05) is 24.9 Å². The third-order valence-electron chi connectivity index (χ3n) is 4.62. The van der Waals surface area contributed by atoms with Crippen molar-refractivity contribution in [2.75, 3.05) is 25.5 Å². The van der Waals surface area contributed by atoms with Crippen molar-refractivity contribution in [3.63, 3.8) is 0 Å². The molecule has 0 bridgehead atoms. The van der Waals surface area contributed by atoms with E-state index in [-0.39, 0.29) is 10.8 Å². The van der Waals surface area contributed by atoms with E-state index in [4.69, 9.17) is 4.74 Å². The summed E-state index contributed by atoms with van der Waals surface area (Å²) in [5.74, 6) is 0.462. The molecule has 28 heavy (non-hydrogen) atoms. The maximum atomic E-state index is 12.6. The number of carbonyl (C=O) groups excluding carboxylic acids is 1. The van der Waals surface area contributed by atoms with Crippen LogP contribution in [-0.2, 0) is 14.8 Å². The summed E-state index contributed by atoms with van der Waals surface area (Å²) < 4.78 is 31.9. The highest BCUT2D eigenvalue weighted by Crippen LogP contribution is 2.22. The quantitative estimate of drug-likeness (QED) is 0.753. The zero-order valence-corrected chi connectivity index (χ0v) is 16.6. The normalized spacial score (nSPS) is 15.5. The van der Waals surface area contributed by atoms with Gasteiger partial charge in [-0.25, -0.2) is 8.42 Å². The van der Waals surface area contributed by atoms with E-state index in [2.05, 4.69) is 5.32 Å². The predicted molar refractivity (Wildman–Crippen MR) is 110 cm³/mol. The Kier molecular flexibility index (Phi) is 6.49. The minimum absolute atomic E-state index is 0.251. The molecular weight excluding hydrogens is 376 g/mol. The van der Waals surface area contributed by atoms with Gasteiger partial charge in [-0.2, -0.15) is 4.31 Å². The monoisotopic (exact) mass is 400 g/mol. The Bertz CT molecular complexity index is 929. The van der Waals surface area contributed by atoms with Crippen LogP contribution in [0.1, 0.15) is 24.8 Å². The van der Waals surface area contributed by atoms with Gasteiger partial charge >= 0.3 is 0 Å². The van der Waals surface area contributed by atoms with Crippen molar-refractivity contribution in [3.8, 4) is 5.75 Å². The van der Waals surface area contributed by atoms with Crippen molar-refractivity contribution in [2.24, 2.45) is 0 Å². The lowest BCUT2D eigenvalue weighted by Crippen LogP contribution is -2.35. The maximum Gasteiger partial charge on any atom is 0.248 e. The molecule has 1 aliphatic rings. The molecule has 3 rings (SSSR count). The molecule has 0 aliphatic carbocycles. The summed E-state index contributed by atoms with van der Waals surface area (Å²) in [6, 6.07) is 13.6. The van der Waals surface area contributed by atoms with Crippen LogP contribution in [0.4, 0.5) is 5.69 Å². The van der Waals surface area contributed by atoms with Crippen LogP contribution >= 0.6 is 0 Å². The van der Waals surface area contributed by atoms with Gasteiger partial charge in [-0.3, -0.25) is 4.79 Å². The number of ether oxygens (including phenoxy) is 1. The predicted octanol–water partition coefficient (Wildman–Crippen LogP) is 3.52. The third-order valence-corrected chi connectivity index (χ3v) is 6.53. The summed E-state index contributed by atoms with van der Waals surface area (Å²) in [5, 5.41) is 2.73. The van der Waals surface area contributed by atoms with Crippen LogP contribution in [0.5, 0.6) is 5.75 Å². The molecule has 6 nitrogen and oxygen atoms in total. The molecule has 1 N–H and O–H groups in total. The number of anilines is 1. The maximum absolute atomic E-state index is 12.6. The molecule has 7 heteroatoms. The van der Waals surface area contributed by atoms with Crippen molar-refractivity contribution in [2.45, 2.75) is 24.2 Å². The number of piperidine rings is 1. The number of nitrogens with one attached hydrogen (secondary N) is 1. The first-order valence-corrected chi connectivity index (χ1v) is 10.7. The number of carbonyl (C=O) groups is 1. The second-order valence-electron chi connectivity index (χ2n) is 6.58. The summed E-state index contributed by atoms with van der Waals surface area (Å²) >= 11 is 0. The molecule has 1 amide bonds. The van der Waals surface area contributed by atoms with Gasteiger partial charge < -0.3 is 10.1 Å². The molecule has 0 radical (unpaired) electrons. The van der Waals surface area contributed by atoms with E-state index < -0.39 is 10.0 Å². The average Bonchev–Trinajstić information content (AvgIpc) is 2.73. The van der Waals surface area contributed by atoms with Crippen LogP contribution in [0.2, 0.25) is 0 Å². The summed E-state index contributed by atoms with van der Waals surface area (Å²) in [7, 11) is -1.86. The molecule has 0 atom stereocenters. The van der Waals surface area contributed by atoms with Gasteiger partial charge in [-0.1, -0.05) is 18.6 Å². The molecule has 1 fully saturated rings. The van der Waals surface area contributed by atoms with Crippen LogP contribution in [-0.4, -0.2) is 38.8 Å². The minimum Gasteiger partial charge on any atom is -0.497 e. The number of nitrogens with zero attached hydrogens (tertiary/aromatic N) is 1. The molecule has 0 aromatic heterocycles. The van der Waals surface area contributed by atoms with Gasteiger partial charge in [-0.15, -0.1) is 0 Å². The number of rotatable bonds is 6. The van der Waals surface area contributed by atoms with E-state index >= 15 is 0 Å². The SMILES string of the molecule is COc1ccc(C=CC(=O)Nc2ccc(S(=O)(=O)N3CCCCC3)cc2)cc1. The van der Waals surface area contributed by atoms with Crippen LogP contribution in [0, 0.1) is 0 Å². The van der Waals surface area contributed by atoms with Crippen LogP contribution in [0.3, 0.4) is 0 Å². The number of hydrogen-bond donors (Lipinski definition) is 1. The lowest BCUT2D eigenvalue weighted by atomic mass is 10.2. The molecule has 0 unspecified atom stereocenters. The van der Waals surface area contributed by atoms with Gasteiger partial charge in [0.2, 0.25) is 15.9 Å². The van der Waals surface area contributed by atoms with Crippen molar-refractivity contribution >= 4 is 27.7 Å². The fourth-order valence-corrected chi connectivity index (χ4v) is 4.55. The van der Waals surface area contributed by atoms with Gasteiger partial charge in [0.05, 0.1) is 12.0 Å². The fourth-order valence-electron chi connectivity index (χ4n) is 3.04. The molecule has 0 spiro atoms. The Hall–Kier alpha value is -2.64. The zero-order chi connectivity index (χ0) is 20.0. The zero-order valence-electron chi connectivity index (χ0n) is 15.8. The van der Waals surface area contributed by atoms with E-state index in [0.717, 1.165) is 30.6 Å². The Morgan fingerprint density at radius 2 is 1.64 bits per heavy atom. The van der Waals surface area contributed by atoms with E-state index in [1.54, 1.807) is 25.3 Å². The standard InChI is InChI=1S/C21H24N2O4S/c1-27-19-10-5-17(6-11-19)7-14-21(24)22-18-8-12-20(13-9-18)28(25,26)23-15-3-2-4-16-23/h5-14H,2-4,15-16H2,1H3,(H,22,24). The van der Waals surface area contributed by atoms with Crippen molar-refractivity contribution in [3.05, 3.63) is 60.2 Å². The fraction of sp³-hybridized carbons (Fsp3) is 0.286. The summed E-state index contributed by atoms with van der Waals surface area (Å²) in [4.78, 5) is 12.3. The first-order chi connectivity index (χ1) is 13.5. The second kappa shape index (κ2) is 9.03. The largest absolute Gasteiger partial charge is 0.497 e. The van der Waals surface area contributed by atoms with Crippen LogP contribution in [0.15, 0.2) is 59.5 Å². The van der Waals surface area contributed by atoms with E-state index in [1.165, 1.54) is 22.5 Å². The number of methoxy groups -OCH3 is 1. The van der Waals surface area contributed by atoms with E-state index in [0.29, 0.717) is 18.8 Å². The lowest BCUT2D eigenvalue weighted by molar-refractivity contribution is -0.111. The number of benzene rings is 2. The first kappa shape index (κ1) is 20.1. The highest BCUT2D eigenvalue weighted by atomic mass is 32.2. The van der Waals surface area contributed by atoms with Crippen LogP contribution in [0.25, 0.3) is 6.08 Å². The Labute approximate surface area is 165 Å². The van der Waals surface area contributed by atoms with Gasteiger partial charge in [0.1, 0.15) is 5.75 Å². The van der Waals surface area contributed by atoms with Crippen molar-refractivity contribution in [1.29, 1.82) is 0 Å². The van der Waals surface area contributed by atoms with Crippen molar-refractivity contribution < 1.29 is 17.9 Å². The molecule has 1 aliphatic heterocycles. The average molecular weight is 401 g/mol. The minimum atomic E-state index is -3.46. The summed E-state index contributed by atoms with van der Waals surface area (Å²) in [6.07, 6.45) is 5.99. The third kappa shape index (κ3) is 4.99. The second-order valence-corrected chi connectivity index (χ2v) is 8.52. The smallest absolute Gasteiger partial charge is 0.248 e. The molecule has 2 aromatic rings. The van der Waals surface area contributed by atoms with Crippen LogP contribution < -0.4 is 10.1 Å². The summed E-state index contributed by atoms with van der Waals surface area (Å²) in [5.41, 5.74) is 1.42. The molecule has 0 saturated carbocycles. The molecule has 1 heterocycles. The van der Waals surface area contributed by atoms with Crippen molar-refractivity contribution in [1.82, 2.24) is 4.31 Å². The molecular formula is C21H24N2O4S. The lowest BCUT2D eigenvalue weighted by Gasteiger charge is -2.25. The highest BCUT2D eigenvalue weighted by Gasteiger charge is 2.25. The molecule has 1 saturated heterocycles. The number of hydrogen-bond acceptors (Lipinski definition) is 4. The number of sulfonamides is 1. The molecule has 148 valence electrons. The number of amides is 1. The summed E-state index contributed by atoms with van der Waals surface area (Å²) in [6.45, 7) is 1.13. The first-order valence-electron chi connectivity index (χ1n) is 9.22. The molecule has 2 aromatic carbocycles. The Balaban J connectivity index is 1.61.